The predicted molar refractivity (Wildman–Crippen MR) is 101 cm³/mol. The van der Waals surface area contributed by atoms with Crippen LogP contribution in [0.3, 0.4) is 0 Å². The van der Waals surface area contributed by atoms with Gasteiger partial charge in [-0.2, -0.15) is 0 Å². The Morgan fingerprint density at radius 3 is 2.54 bits per heavy atom. The first-order valence-corrected chi connectivity index (χ1v) is 8.79. The lowest BCUT2D eigenvalue weighted by molar-refractivity contribution is 0.181. The molecule has 8 heteroatoms. The fourth-order valence-electron chi connectivity index (χ4n) is 2.41. The first-order valence-electron chi connectivity index (χ1n) is 7.91. The Kier molecular flexibility index (Phi) is 5.65. The van der Waals surface area contributed by atoms with Gasteiger partial charge in [0.05, 0.1) is 37.2 Å². The van der Waals surface area contributed by atoms with Crippen LogP contribution in [0.15, 0.2) is 29.6 Å². The Morgan fingerprint density at radius 2 is 1.88 bits per heavy atom. The molecule has 26 heavy (non-hydrogen) atoms. The normalized spacial score (nSPS) is 10.6. The van der Waals surface area contributed by atoms with Crippen molar-refractivity contribution in [3.8, 4) is 23.0 Å². The minimum Gasteiger partial charge on any atom is -0.497 e. The van der Waals surface area contributed by atoms with E-state index in [0.29, 0.717) is 24.0 Å². The quantitative estimate of drug-likeness (QED) is 0.675. The minimum atomic E-state index is 0.378. The fourth-order valence-corrected chi connectivity index (χ4v) is 3.01. The molecule has 3 rings (SSSR count). The van der Waals surface area contributed by atoms with Crippen molar-refractivity contribution in [2.24, 2.45) is 0 Å². The highest BCUT2D eigenvalue weighted by Gasteiger charge is 2.12. The average Bonchev–Trinajstić information content (AvgIpc) is 3.08. The minimum absolute atomic E-state index is 0.378. The van der Waals surface area contributed by atoms with Crippen LogP contribution in [-0.2, 0) is 11.3 Å². The molecule has 0 aliphatic carbocycles. The van der Waals surface area contributed by atoms with E-state index < -0.39 is 0 Å². The summed E-state index contributed by atoms with van der Waals surface area (Å²) >= 11 is 1.56. The Balaban J connectivity index is 2.00. The Morgan fingerprint density at radius 1 is 1.04 bits per heavy atom. The van der Waals surface area contributed by atoms with Crippen LogP contribution in [0.5, 0.6) is 11.5 Å². The second-order valence-electron chi connectivity index (χ2n) is 5.44. The molecule has 0 spiro atoms. The Labute approximate surface area is 156 Å². The van der Waals surface area contributed by atoms with E-state index >= 15 is 0 Å². The smallest absolute Gasteiger partial charge is 0.181 e. The summed E-state index contributed by atoms with van der Waals surface area (Å²) < 4.78 is 15.9. The van der Waals surface area contributed by atoms with Gasteiger partial charge in [-0.25, -0.2) is 15.0 Å². The maximum absolute atomic E-state index is 5.42. The standard InChI is InChI=1S/C18H20N4O3S/c1-11-19-15(10-26-11)18-20-12(9-23-2)7-17(22-18)21-14-8-13(24-3)5-6-16(14)25-4/h5-8,10H,9H2,1-4H3,(H,20,21,22). The molecular weight excluding hydrogens is 352 g/mol. The number of anilines is 2. The van der Waals surface area contributed by atoms with Crippen molar-refractivity contribution < 1.29 is 14.2 Å². The van der Waals surface area contributed by atoms with Gasteiger partial charge < -0.3 is 19.5 Å². The third kappa shape index (κ3) is 4.09. The lowest BCUT2D eigenvalue weighted by atomic mass is 10.2. The molecule has 0 bridgehead atoms. The largest absolute Gasteiger partial charge is 0.497 e. The third-order valence-corrected chi connectivity index (χ3v) is 4.36. The molecule has 1 aromatic carbocycles. The van der Waals surface area contributed by atoms with Crippen molar-refractivity contribution in [1.29, 1.82) is 0 Å². The van der Waals surface area contributed by atoms with Gasteiger partial charge in [-0.1, -0.05) is 0 Å². The van der Waals surface area contributed by atoms with Crippen molar-refractivity contribution in [2.75, 3.05) is 26.6 Å². The van der Waals surface area contributed by atoms with Gasteiger partial charge in [-0.15, -0.1) is 11.3 Å². The summed E-state index contributed by atoms with van der Waals surface area (Å²) in [6, 6.07) is 7.36. The van der Waals surface area contributed by atoms with Crippen LogP contribution in [0, 0.1) is 6.92 Å². The van der Waals surface area contributed by atoms with E-state index in [1.807, 2.05) is 36.6 Å². The van der Waals surface area contributed by atoms with Crippen molar-refractivity contribution in [1.82, 2.24) is 15.0 Å². The van der Waals surface area contributed by atoms with E-state index in [2.05, 4.69) is 20.3 Å². The topological polar surface area (TPSA) is 78.4 Å². The number of aromatic nitrogens is 3. The molecular formula is C18H20N4O3S. The van der Waals surface area contributed by atoms with Gasteiger partial charge in [0.25, 0.3) is 0 Å². The second-order valence-corrected chi connectivity index (χ2v) is 6.51. The predicted octanol–water partition coefficient (Wildman–Crippen LogP) is 3.82. The summed E-state index contributed by atoms with van der Waals surface area (Å²) in [7, 11) is 4.87. The van der Waals surface area contributed by atoms with Gasteiger partial charge in [0, 0.05) is 24.6 Å². The van der Waals surface area contributed by atoms with E-state index in [0.717, 1.165) is 27.8 Å². The molecule has 0 aliphatic heterocycles. The van der Waals surface area contributed by atoms with Gasteiger partial charge >= 0.3 is 0 Å². The van der Waals surface area contributed by atoms with Gasteiger partial charge in [0.1, 0.15) is 23.0 Å². The van der Waals surface area contributed by atoms with Crippen molar-refractivity contribution in [2.45, 2.75) is 13.5 Å². The number of methoxy groups -OCH3 is 3. The summed E-state index contributed by atoms with van der Waals surface area (Å²) in [6.45, 7) is 2.33. The lowest BCUT2D eigenvalue weighted by Gasteiger charge is -2.13. The molecule has 7 nitrogen and oxygen atoms in total. The molecule has 0 atom stereocenters. The molecule has 0 saturated heterocycles. The van der Waals surface area contributed by atoms with Gasteiger partial charge in [-0.3, -0.25) is 0 Å². The molecule has 136 valence electrons. The molecule has 0 radical (unpaired) electrons. The molecule has 0 unspecified atom stereocenters. The molecule has 2 aromatic heterocycles. The number of nitrogens with one attached hydrogen (secondary N) is 1. The lowest BCUT2D eigenvalue weighted by Crippen LogP contribution is -2.03. The van der Waals surface area contributed by atoms with E-state index in [1.54, 1.807) is 32.7 Å². The number of benzene rings is 1. The van der Waals surface area contributed by atoms with Crippen molar-refractivity contribution in [3.05, 3.63) is 40.3 Å². The zero-order valence-electron chi connectivity index (χ0n) is 15.1. The average molecular weight is 372 g/mol. The number of hydrogen-bond acceptors (Lipinski definition) is 8. The molecule has 3 aromatic rings. The maximum Gasteiger partial charge on any atom is 0.181 e. The zero-order valence-corrected chi connectivity index (χ0v) is 15.9. The number of thiazole rings is 1. The highest BCUT2D eigenvalue weighted by Crippen LogP contribution is 2.31. The van der Waals surface area contributed by atoms with E-state index in [4.69, 9.17) is 14.2 Å². The SMILES string of the molecule is COCc1cc(Nc2cc(OC)ccc2OC)nc(-c2csc(C)n2)n1. The van der Waals surface area contributed by atoms with E-state index in [9.17, 15) is 0 Å². The van der Waals surface area contributed by atoms with Crippen LogP contribution in [0.2, 0.25) is 0 Å². The van der Waals surface area contributed by atoms with Crippen LogP contribution >= 0.6 is 11.3 Å². The third-order valence-electron chi connectivity index (χ3n) is 3.59. The van der Waals surface area contributed by atoms with Crippen LogP contribution in [-0.4, -0.2) is 36.3 Å². The summed E-state index contributed by atoms with van der Waals surface area (Å²) in [5.41, 5.74) is 2.24. The number of aryl methyl sites for hydroxylation is 1. The monoisotopic (exact) mass is 372 g/mol. The number of rotatable bonds is 7. The first kappa shape index (κ1) is 18.1. The maximum atomic E-state index is 5.42. The molecule has 2 heterocycles. The second kappa shape index (κ2) is 8.11. The van der Waals surface area contributed by atoms with Crippen LogP contribution in [0.1, 0.15) is 10.7 Å². The number of ether oxygens (including phenoxy) is 3. The number of nitrogens with zero attached hydrogens (tertiary/aromatic N) is 3. The van der Waals surface area contributed by atoms with Gasteiger partial charge in [0.15, 0.2) is 5.82 Å². The summed E-state index contributed by atoms with van der Waals surface area (Å²) in [5.74, 6) is 2.58. The van der Waals surface area contributed by atoms with Crippen LogP contribution in [0.25, 0.3) is 11.5 Å². The summed E-state index contributed by atoms with van der Waals surface area (Å²) in [4.78, 5) is 13.6. The zero-order chi connectivity index (χ0) is 18.5. The molecule has 0 saturated carbocycles. The molecule has 1 N–H and O–H groups in total. The van der Waals surface area contributed by atoms with Crippen molar-refractivity contribution >= 4 is 22.8 Å². The van der Waals surface area contributed by atoms with Crippen LogP contribution in [0.4, 0.5) is 11.5 Å². The van der Waals surface area contributed by atoms with Gasteiger partial charge in [-0.05, 0) is 19.1 Å². The van der Waals surface area contributed by atoms with E-state index in [1.165, 1.54) is 0 Å². The Hall–Kier alpha value is -2.71. The molecule has 0 aliphatic rings. The highest BCUT2D eigenvalue weighted by atomic mass is 32.1. The first-order chi connectivity index (χ1) is 12.6. The highest BCUT2D eigenvalue weighted by molar-refractivity contribution is 7.09. The van der Waals surface area contributed by atoms with E-state index in [-0.39, 0.29) is 0 Å². The summed E-state index contributed by atoms with van der Waals surface area (Å²) in [5, 5.41) is 6.18. The fraction of sp³-hybridized carbons (Fsp3) is 0.278. The summed E-state index contributed by atoms with van der Waals surface area (Å²) in [6.07, 6.45) is 0. The number of hydrogen-bond donors (Lipinski definition) is 1. The molecule has 0 fully saturated rings. The molecule has 0 amide bonds. The van der Waals surface area contributed by atoms with Crippen molar-refractivity contribution in [3.63, 3.8) is 0 Å². The Bertz CT molecular complexity index is 898. The van der Waals surface area contributed by atoms with Crippen LogP contribution < -0.4 is 14.8 Å². The van der Waals surface area contributed by atoms with Gasteiger partial charge in [0.2, 0.25) is 0 Å².